The number of nitrogens with zero attached hydrogens (tertiary/aromatic N) is 3. The molecule has 0 radical (unpaired) electrons. The van der Waals surface area contributed by atoms with Crippen molar-refractivity contribution in [2.24, 2.45) is 10.4 Å². The summed E-state index contributed by atoms with van der Waals surface area (Å²) in [5.74, 6) is 1.66. The number of aliphatic imine (C=N–C) groups is 1. The molecule has 0 aromatic carbocycles. The Morgan fingerprint density at radius 1 is 1.35 bits per heavy atom. The molecular weight excluding hydrogens is 443 g/mol. The highest BCUT2D eigenvalue weighted by Gasteiger charge is 2.43. The van der Waals surface area contributed by atoms with Gasteiger partial charge in [0.15, 0.2) is 5.96 Å². The number of pyridine rings is 1. The molecule has 0 unspecified atom stereocenters. The molecule has 0 bridgehead atoms. The van der Waals surface area contributed by atoms with Crippen molar-refractivity contribution in [3.05, 3.63) is 23.9 Å². The summed E-state index contributed by atoms with van der Waals surface area (Å²) in [6, 6.07) is 3.96. The van der Waals surface area contributed by atoms with Gasteiger partial charge in [0.05, 0.1) is 13.2 Å². The molecule has 1 aromatic heterocycles. The molecule has 2 fully saturated rings. The lowest BCUT2D eigenvalue weighted by Crippen LogP contribution is -2.42. The highest BCUT2D eigenvalue weighted by Crippen LogP contribution is 2.47. The second-order valence-electron chi connectivity index (χ2n) is 7.00. The topological polar surface area (TPSA) is 59.0 Å². The van der Waals surface area contributed by atoms with Crippen molar-refractivity contribution in [1.29, 1.82) is 0 Å². The molecule has 1 aromatic rings. The number of rotatable bonds is 7. The van der Waals surface area contributed by atoms with Gasteiger partial charge >= 0.3 is 0 Å². The molecule has 146 valence electrons. The van der Waals surface area contributed by atoms with Gasteiger partial charge in [0, 0.05) is 38.5 Å². The summed E-state index contributed by atoms with van der Waals surface area (Å²) in [4.78, 5) is 11.6. The van der Waals surface area contributed by atoms with Crippen molar-refractivity contribution < 1.29 is 9.47 Å². The van der Waals surface area contributed by atoms with Gasteiger partial charge in [-0.3, -0.25) is 0 Å². The number of hydrogen-bond donors (Lipinski definition) is 1. The molecule has 7 heteroatoms. The van der Waals surface area contributed by atoms with Gasteiger partial charge in [0.25, 0.3) is 0 Å². The number of halogens is 1. The predicted octanol–water partition coefficient (Wildman–Crippen LogP) is 3.07. The molecular formula is C19H31IN4O2. The van der Waals surface area contributed by atoms with Crippen molar-refractivity contribution in [3.8, 4) is 5.88 Å². The zero-order valence-electron chi connectivity index (χ0n) is 15.9. The summed E-state index contributed by atoms with van der Waals surface area (Å²) >= 11 is 0. The van der Waals surface area contributed by atoms with Crippen LogP contribution >= 0.6 is 24.0 Å². The molecule has 1 saturated heterocycles. The van der Waals surface area contributed by atoms with E-state index in [1.807, 2.05) is 12.1 Å². The first-order valence-electron chi connectivity index (χ1n) is 9.35. The molecule has 1 N–H and O–H groups in total. The van der Waals surface area contributed by atoms with E-state index in [-0.39, 0.29) is 24.0 Å². The van der Waals surface area contributed by atoms with Gasteiger partial charge < -0.3 is 19.7 Å². The average Bonchev–Trinajstić information content (AvgIpc) is 3.06. The fraction of sp³-hybridized carbons (Fsp3) is 0.684. The molecule has 3 rings (SSSR count). The smallest absolute Gasteiger partial charge is 0.218 e. The van der Waals surface area contributed by atoms with E-state index in [0.29, 0.717) is 31.1 Å². The Balaban J connectivity index is 0.00000243. The molecule has 1 saturated carbocycles. The minimum atomic E-state index is 0. The Bertz CT molecular complexity index is 593. The number of ether oxygens (including phenoxy) is 2. The molecule has 26 heavy (non-hydrogen) atoms. The molecule has 6 nitrogen and oxygen atoms in total. The van der Waals surface area contributed by atoms with Crippen LogP contribution < -0.4 is 10.1 Å². The standard InChI is InChI=1S/C19H30N4O2.HI/c1-3-20-18(23-11-9-19(15-23)7-5-8-19)22-14-16-6-4-10-21-17(16)25-13-12-24-2;/h4,6,10H,3,5,7-9,11-15H2,1-2H3,(H,20,22);1H. The lowest BCUT2D eigenvalue weighted by atomic mass is 9.68. The van der Waals surface area contributed by atoms with Gasteiger partial charge in [-0.15, -0.1) is 24.0 Å². The van der Waals surface area contributed by atoms with Crippen LogP contribution in [-0.2, 0) is 11.3 Å². The Kier molecular flexibility index (Phi) is 8.40. The van der Waals surface area contributed by atoms with E-state index in [2.05, 4.69) is 22.1 Å². The largest absolute Gasteiger partial charge is 0.475 e. The average molecular weight is 474 g/mol. The number of likely N-dealkylation sites (tertiary alicyclic amines) is 1. The number of nitrogens with one attached hydrogen (secondary N) is 1. The van der Waals surface area contributed by atoms with E-state index in [1.54, 1.807) is 13.3 Å². The van der Waals surface area contributed by atoms with Crippen LogP contribution in [0.1, 0.15) is 38.2 Å². The SMILES string of the molecule is CCNC(=NCc1cccnc1OCCOC)N1CCC2(CCC2)C1.I. The summed E-state index contributed by atoms with van der Waals surface area (Å²) in [7, 11) is 1.67. The first-order valence-corrected chi connectivity index (χ1v) is 9.35. The summed E-state index contributed by atoms with van der Waals surface area (Å²) in [6.45, 7) is 6.87. The van der Waals surface area contributed by atoms with E-state index in [0.717, 1.165) is 31.2 Å². The minimum absolute atomic E-state index is 0. The second kappa shape index (κ2) is 10.3. The maximum absolute atomic E-state index is 5.72. The second-order valence-corrected chi connectivity index (χ2v) is 7.00. The van der Waals surface area contributed by atoms with Crippen LogP contribution in [0.2, 0.25) is 0 Å². The maximum Gasteiger partial charge on any atom is 0.218 e. The van der Waals surface area contributed by atoms with Crippen molar-refractivity contribution >= 4 is 29.9 Å². The first kappa shape index (κ1) is 21.2. The molecule has 1 aliphatic heterocycles. The Hall–Kier alpha value is -1.09. The first-order chi connectivity index (χ1) is 12.3. The number of methoxy groups -OCH3 is 1. The number of aromatic nitrogens is 1. The van der Waals surface area contributed by atoms with Crippen LogP contribution in [0.4, 0.5) is 0 Å². The maximum atomic E-state index is 5.72. The Morgan fingerprint density at radius 3 is 2.85 bits per heavy atom. The van der Waals surface area contributed by atoms with Crippen LogP contribution in [-0.4, -0.2) is 55.8 Å². The molecule has 0 atom stereocenters. The van der Waals surface area contributed by atoms with Gasteiger partial charge in [-0.1, -0.05) is 12.5 Å². The van der Waals surface area contributed by atoms with Crippen molar-refractivity contribution in [2.45, 2.75) is 39.2 Å². The number of hydrogen-bond acceptors (Lipinski definition) is 4. The summed E-state index contributed by atoms with van der Waals surface area (Å²) < 4.78 is 10.8. The van der Waals surface area contributed by atoms with Crippen molar-refractivity contribution in [1.82, 2.24) is 15.2 Å². The van der Waals surface area contributed by atoms with Crippen molar-refractivity contribution in [3.63, 3.8) is 0 Å². The summed E-state index contributed by atoms with van der Waals surface area (Å²) in [6.07, 6.45) is 7.20. The molecule has 0 amide bonds. The lowest BCUT2D eigenvalue weighted by molar-refractivity contribution is 0.143. The molecule has 2 heterocycles. The van der Waals surface area contributed by atoms with Gasteiger partial charge in [-0.25, -0.2) is 9.98 Å². The number of guanidine groups is 1. The van der Waals surface area contributed by atoms with Crippen LogP contribution in [0.25, 0.3) is 0 Å². The summed E-state index contributed by atoms with van der Waals surface area (Å²) in [5.41, 5.74) is 1.57. The predicted molar refractivity (Wildman–Crippen MR) is 114 cm³/mol. The van der Waals surface area contributed by atoms with Crippen LogP contribution in [0, 0.1) is 5.41 Å². The fourth-order valence-electron chi connectivity index (χ4n) is 3.68. The van der Waals surface area contributed by atoms with E-state index < -0.39 is 0 Å². The summed E-state index contributed by atoms with van der Waals surface area (Å²) in [5, 5.41) is 3.45. The zero-order chi connectivity index (χ0) is 17.5. The third-order valence-electron chi connectivity index (χ3n) is 5.26. The van der Waals surface area contributed by atoms with E-state index in [1.165, 1.54) is 25.7 Å². The fourth-order valence-corrected chi connectivity index (χ4v) is 3.68. The third kappa shape index (κ3) is 5.22. The highest BCUT2D eigenvalue weighted by molar-refractivity contribution is 14.0. The Morgan fingerprint density at radius 2 is 2.19 bits per heavy atom. The van der Waals surface area contributed by atoms with Gasteiger partial charge in [0.2, 0.25) is 5.88 Å². The van der Waals surface area contributed by atoms with Crippen molar-refractivity contribution in [2.75, 3.05) is 40.0 Å². The van der Waals surface area contributed by atoms with Gasteiger partial charge in [-0.2, -0.15) is 0 Å². The van der Waals surface area contributed by atoms with Gasteiger partial charge in [0.1, 0.15) is 6.61 Å². The van der Waals surface area contributed by atoms with Crippen LogP contribution in [0.3, 0.4) is 0 Å². The normalized spacial score (nSPS) is 18.4. The Labute approximate surface area is 173 Å². The van der Waals surface area contributed by atoms with Gasteiger partial charge in [-0.05, 0) is 37.7 Å². The van der Waals surface area contributed by atoms with Crippen LogP contribution in [0.15, 0.2) is 23.3 Å². The van der Waals surface area contributed by atoms with E-state index in [4.69, 9.17) is 14.5 Å². The lowest BCUT2D eigenvalue weighted by Gasteiger charge is -2.38. The molecule has 2 aliphatic rings. The highest BCUT2D eigenvalue weighted by atomic mass is 127. The monoisotopic (exact) mass is 474 g/mol. The van der Waals surface area contributed by atoms with E-state index >= 15 is 0 Å². The molecule has 1 spiro atoms. The zero-order valence-corrected chi connectivity index (χ0v) is 18.2. The minimum Gasteiger partial charge on any atom is -0.475 e. The van der Waals surface area contributed by atoms with Crippen LogP contribution in [0.5, 0.6) is 5.88 Å². The quantitative estimate of drug-likeness (QED) is 0.285. The molecule has 1 aliphatic carbocycles. The van der Waals surface area contributed by atoms with E-state index in [9.17, 15) is 0 Å². The third-order valence-corrected chi connectivity index (χ3v) is 5.26.